The van der Waals surface area contributed by atoms with Crippen LogP contribution < -0.4 is 0 Å². The number of allylic oxidation sites excluding steroid dienone is 1. The number of epoxide rings is 1. The Balaban J connectivity index is 1.35. The normalized spacial score (nSPS) is 33.9. The van der Waals surface area contributed by atoms with Crippen LogP contribution in [0.25, 0.3) is 11.1 Å². The molecule has 5 aliphatic rings. The molecule has 0 spiro atoms. The van der Waals surface area contributed by atoms with Crippen molar-refractivity contribution in [3.05, 3.63) is 57.7 Å². The van der Waals surface area contributed by atoms with Crippen LogP contribution in [-0.4, -0.2) is 101 Å². The second kappa shape index (κ2) is 11.2. The molecule has 2 fully saturated rings. The Hall–Kier alpha value is -5.09. The molecule has 1 saturated heterocycles. The molecule has 2 aromatic rings. The fourth-order valence-corrected chi connectivity index (χ4v) is 9.64. The third-order valence-corrected chi connectivity index (χ3v) is 11.4. The fourth-order valence-electron chi connectivity index (χ4n) is 9.64. The summed E-state index contributed by atoms with van der Waals surface area (Å²) in [4.78, 5) is 93.0. The van der Waals surface area contributed by atoms with Crippen LogP contribution in [0.1, 0.15) is 97.1 Å². The number of aromatic hydroxyl groups is 2. The molecule has 1 aliphatic heterocycles. The number of hydrogen-bond acceptors (Lipinski definition) is 15. The summed E-state index contributed by atoms with van der Waals surface area (Å²) < 4.78 is 16.5. The second-order valence-corrected chi connectivity index (χ2v) is 15.1. The summed E-state index contributed by atoms with van der Waals surface area (Å²) in [6, 6.07) is 4.74. The van der Waals surface area contributed by atoms with Crippen LogP contribution >= 0.6 is 0 Å². The molecule has 15 heteroatoms. The molecular formula is C38H36O15. The zero-order chi connectivity index (χ0) is 39.1. The standard InChI is InChI=1S/C38H36O15/c1-13(51-15(3)39)27-26-25(21(41)11-35(27,5)49)31(46)23-19(30(26)45)9-7-17(28(23)43)18-8-10-20-24(29(18)44)34(48)37-22(42)12-36(6,50)32(14(2)52-16(4)40)38(37,53-37)33(20)47/h7-10,13-14,27,32,34,43-44,48-50H,11-12H2,1-6H3. The summed E-state index contributed by atoms with van der Waals surface area (Å²) in [7, 11) is 0. The molecule has 9 atom stereocenters. The number of phenolic OH excluding ortho intramolecular Hbond substituents is 2. The van der Waals surface area contributed by atoms with Gasteiger partial charge in [0, 0.05) is 60.1 Å². The Bertz CT molecular complexity index is 2170. The van der Waals surface area contributed by atoms with Crippen molar-refractivity contribution in [2.75, 3.05) is 0 Å². The number of fused-ring (bicyclic) bond motifs is 2. The first-order valence-corrected chi connectivity index (χ1v) is 16.9. The number of phenols is 2. The lowest BCUT2D eigenvalue weighted by Gasteiger charge is -2.46. The lowest BCUT2D eigenvalue weighted by Crippen LogP contribution is -2.65. The molecule has 2 aromatic carbocycles. The van der Waals surface area contributed by atoms with Crippen LogP contribution in [0.4, 0.5) is 0 Å². The number of aliphatic hydroxyl groups is 3. The highest BCUT2D eigenvalue weighted by molar-refractivity contribution is 6.38. The third kappa shape index (κ3) is 4.57. The highest BCUT2D eigenvalue weighted by Gasteiger charge is 2.90. The van der Waals surface area contributed by atoms with E-state index in [-0.39, 0.29) is 27.8 Å². The van der Waals surface area contributed by atoms with Gasteiger partial charge < -0.3 is 39.7 Å². The van der Waals surface area contributed by atoms with Gasteiger partial charge in [0.05, 0.1) is 34.2 Å². The maximum atomic E-state index is 14.3. The summed E-state index contributed by atoms with van der Waals surface area (Å²) in [5.74, 6) is -10.2. The molecule has 1 saturated carbocycles. The lowest BCUT2D eigenvalue weighted by atomic mass is 9.56. The molecule has 15 nitrogen and oxygen atoms in total. The van der Waals surface area contributed by atoms with Gasteiger partial charge in [0.1, 0.15) is 29.8 Å². The van der Waals surface area contributed by atoms with Crippen molar-refractivity contribution in [1.82, 2.24) is 0 Å². The van der Waals surface area contributed by atoms with E-state index in [4.69, 9.17) is 14.2 Å². The topological polar surface area (TPSA) is 252 Å². The number of carbonyl (C=O) groups excluding carboxylic acids is 7. The number of esters is 2. The Labute approximate surface area is 301 Å². The van der Waals surface area contributed by atoms with Crippen molar-refractivity contribution in [1.29, 1.82) is 0 Å². The molecule has 0 aromatic heterocycles. The summed E-state index contributed by atoms with van der Waals surface area (Å²) in [5.41, 5.74) is -11.3. The predicted octanol–water partition coefficient (Wildman–Crippen LogP) is 1.76. The van der Waals surface area contributed by atoms with E-state index < -0.39 is 134 Å². The van der Waals surface area contributed by atoms with Crippen molar-refractivity contribution in [2.45, 2.75) is 95.1 Å². The van der Waals surface area contributed by atoms with E-state index in [9.17, 15) is 59.1 Å². The summed E-state index contributed by atoms with van der Waals surface area (Å²) in [5, 5.41) is 57.7. The van der Waals surface area contributed by atoms with Crippen molar-refractivity contribution in [2.24, 2.45) is 11.8 Å². The van der Waals surface area contributed by atoms with Gasteiger partial charge in [-0.15, -0.1) is 0 Å². The minimum Gasteiger partial charge on any atom is -0.507 e. The number of rotatable bonds is 5. The van der Waals surface area contributed by atoms with Crippen molar-refractivity contribution < 1.29 is 73.3 Å². The smallest absolute Gasteiger partial charge is 0.302 e. The van der Waals surface area contributed by atoms with E-state index in [1.165, 1.54) is 45.9 Å². The van der Waals surface area contributed by atoms with Gasteiger partial charge in [-0.2, -0.15) is 0 Å². The molecule has 7 rings (SSSR count). The summed E-state index contributed by atoms with van der Waals surface area (Å²) >= 11 is 0. The zero-order valence-corrected chi connectivity index (χ0v) is 29.4. The zero-order valence-electron chi connectivity index (χ0n) is 29.4. The van der Waals surface area contributed by atoms with Gasteiger partial charge in [-0.1, -0.05) is 6.07 Å². The molecule has 4 aliphatic carbocycles. The average molecular weight is 733 g/mol. The van der Waals surface area contributed by atoms with Gasteiger partial charge in [0.25, 0.3) is 0 Å². The van der Waals surface area contributed by atoms with Gasteiger partial charge in [0.15, 0.2) is 34.3 Å². The first-order chi connectivity index (χ1) is 24.6. The number of aliphatic hydroxyl groups excluding tert-OH is 1. The first kappa shape index (κ1) is 36.3. The molecule has 0 bridgehead atoms. The maximum Gasteiger partial charge on any atom is 0.302 e. The van der Waals surface area contributed by atoms with Gasteiger partial charge in [-0.25, -0.2) is 0 Å². The molecule has 0 amide bonds. The van der Waals surface area contributed by atoms with E-state index in [1.807, 2.05) is 0 Å². The minimum atomic E-state index is -2.26. The van der Waals surface area contributed by atoms with Gasteiger partial charge in [-0.3, -0.25) is 33.6 Å². The second-order valence-electron chi connectivity index (χ2n) is 15.1. The van der Waals surface area contributed by atoms with Crippen LogP contribution in [-0.2, 0) is 33.4 Å². The van der Waals surface area contributed by atoms with Crippen molar-refractivity contribution >= 4 is 40.9 Å². The first-order valence-electron chi connectivity index (χ1n) is 16.9. The number of hydrogen-bond donors (Lipinski definition) is 5. The van der Waals surface area contributed by atoms with Crippen molar-refractivity contribution in [3.8, 4) is 22.6 Å². The maximum absolute atomic E-state index is 14.3. The summed E-state index contributed by atoms with van der Waals surface area (Å²) in [6.45, 7) is 7.65. The predicted molar refractivity (Wildman–Crippen MR) is 177 cm³/mol. The molecule has 9 unspecified atom stereocenters. The number of Topliss-reactive ketones (excluding diaryl/α,β-unsaturated/α-hetero) is 5. The van der Waals surface area contributed by atoms with Crippen molar-refractivity contribution in [3.63, 3.8) is 0 Å². The van der Waals surface area contributed by atoms with Crippen LogP contribution in [0.5, 0.6) is 11.5 Å². The number of carbonyl (C=O) groups is 7. The average Bonchev–Trinajstić information content (AvgIpc) is 3.73. The van der Waals surface area contributed by atoms with Crippen LogP contribution in [0.15, 0.2) is 35.4 Å². The van der Waals surface area contributed by atoms with Crippen LogP contribution in [0.2, 0.25) is 0 Å². The van der Waals surface area contributed by atoms with Crippen LogP contribution in [0.3, 0.4) is 0 Å². The summed E-state index contributed by atoms with van der Waals surface area (Å²) in [6.07, 6.45) is -5.49. The monoisotopic (exact) mass is 732 g/mol. The molecular weight excluding hydrogens is 696 g/mol. The number of benzene rings is 2. The largest absolute Gasteiger partial charge is 0.507 e. The quantitative estimate of drug-likeness (QED) is 0.167. The lowest BCUT2D eigenvalue weighted by molar-refractivity contribution is -0.162. The fraction of sp³-hybridized carbons (Fsp3) is 0.447. The van der Waals surface area contributed by atoms with Gasteiger partial charge >= 0.3 is 11.9 Å². The van der Waals surface area contributed by atoms with Gasteiger partial charge in [0.2, 0.25) is 5.78 Å². The Morgan fingerprint density at radius 3 is 1.92 bits per heavy atom. The minimum absolute atomic E-state index is 0.236. The third-order valence-electron chi connectivity index (χ3n) is 11.4. The highest BCUT2D eigenvalue weighted by atomic mass is 16.7. The molecule has 278 valence electrons. The van der Waals surface area contributed by atoms with E-state index in [1.54, 1.807) is 0 Å². The van der Waals surface area contributed by atoms with Gasteiger partial charge in [-0.05, 0) is 45.9 Å². The number of ether oxygens (including phenoxy) is 3. The Morgan fingerprint density at radius 2 is 1.32 bits per heavy atom. The van der Waals surface area contributed by atoms with E-state index in [0.29, 0.717) is 0 Å². The van der Waals surface area contributed by atoms with Crippen LogP contribution in [0, 0.1) is 11.8 Å². The van der Waals surface area contributed by atoms with E-state index >= 15 is 0 Å². The Morgan fingerprint density at radius 1 is 0.774 bits per heavy atom. The van der Waals surface area contributed by atoms with E-state index in [2.05, 4.69) is 0 Å². The highest BCUT2D eigenvalue weighted by Crippen LogP contribution is 2.71. The molecule has 5 N–H and O–H groups in total. The van der Waals surface area contributed by atoms with E-state index in [0.717, 1.165) is 19.9 Å². The number of ketones is 5. The molecule has 53 heavy (non-hydrogen) atoms. The SMILES string of the molecule is CC(=O)OC(C)C1C2=C(C(=O)CC1(C)O)C(=O)c1c(ccc(-c3ccc4c(c3O)C(O)C35OC3(C4=O)C(C(C)OC(C)=O)C(C)(O)CC5=O)c1O)C2=O. The molecule has 0 radical (unpaired) electrons. The molecule has 1 heterocycles. The Kier molecular flexibility index (Phi) is 7.67.